The van der Waals surface area contributed by atoms with Gasteiger partial charge in [-0.05, 0) is 75.3 Å². The Kier molecular flexibility index (Phi) is 9.42. The Morgan fingerprint density at radius 3 is 2.09 bits per heavy atom. The van der Waals surface area contributed by atoms with Gasteiger partial charge in [-0.15, -0.1) is 24.8 Å². The highest BCUT2D eigenvalue weighted by Crippen LogP contribution is 2.19. The second-order valence-corrected chi connectivity index (χ2v) is 6.55. The van der Waals surface area contributed by atoms with Crippen molar-refractivity contribution in [2.45, 2.75) is 45.1 Å². The highest BCUT2D eigenvalue weighted by atomic mass is 35.5. The average Bonchev–Trinajstić information content (AvgIpc) is 2.51. The Labute approximate surface area is 147 Å². The molecule has 22 heavy (non-hydrogen) atoms. The van der Waals surface area contributed by atoms with E-state index in [1.807, 2.05) is 0 Å². The molecule has 0 radical (unpaired) electrons. The summed E-state index contributed by atoms with van der Waals surface area (Å²) in [5, 5.41) is 3.45. The molecule has 0 spiro atoms. The number of hydrogen-bond donors (Lipinski definition) is 1. The summed E-state index contributed by atoms with van der Waals surface area (Å²) in [6.07, 6.45) is 8.14. The smallest absolute Gasteiger partial charge is 0.0233 e. The summed E-state index contributed by atoms with van der Waals surface area (Å²) in [7, 11) is 0. The summed E-state index contributed by atoms with van der Waals surface area (Å²) in [6.45, 7) is 6.14. The number of benzene rings is 1. The van der Waals surface area contributed by atoms with Gasteiger partial charge >= 0.3 is 0 Å². The molecule has 126 valence electrons. The largest absolute Gasteiger partial charge is 0.317 e. The summed E-state index contributed by atoms with van der Waals surface area (Å²) >= 11 is 0. The van der Waals surface area contributed by atoms with Gasteiger partial charge in [-0.3, -0.25) is 4.90 Å². The van der Waals surface area contributed by atoms with Gasteiger partial charge in [0, 0.05) is 6.54 Å². The van der Waals surface area contributed by atoms with Crippen LogP contribution in [0.4, 0.5) is 0 Å². The zero-order valence-corrected chi connectivity index (χ0v) is 15.1. The molecule has 0 atom stereocenters. The summed E-state index contributed by atoms with van der Waals surface area (Å²) in [4.78, 5) is 2.60. The fraction of sp³-hybridized carbons (Fsp3) is 0.667. The molecule has 1 aromatic carbocycles. The number of likely N-dealkylation sites (tertiary alicyclic amines) is 1. The lowest BCUT2D eigenvalue weighted by atomic mass is 9.91. The minimum absolute atomic E-state index is 0. The molecule has 2 aliphatic rings. The molecular formula is C18H30Cl2N2. The molecule has 2 heterocycles. The molecule has 0 aliphatic carbocycles. The van der Waals surface area contributed by atoms with Crippen LogP contribution in [-0.2, 0) is 13.0 Å². The van der Waals surface area contributed by atoms with E-state index in [-0.39, 0.29) is 24.8 Å². The Morgan fingerprint density at radius 2 is 1.45 bits per heavy atom. The van der Waals surface area contributed by atoms with E-state index in [2.05, 4.69) is 34.5 Å². The molecular weight excluding hydrogens is 315 g/mol. The van der Waals surface area contributed by atoms with E-state index in [1.54, 1.807) is 0 Å². The van der Waals surface area contributed by atoms with Crippen molar-refractivity contribution in [3.63, 3.8) is 0 Å². The standard InChI is InChI=1S/C18H28N2.2ClH/c1-2-12-20(13-3-1)15-18-6-4-16(5-7-18)14-17-8-10-19-11-9-17;;/h4-7,17,19H,1-3,8-15H2;2*1H. The number of hydrogen-bond acceptors (Lipinski definition) is 2. The summed E-state index contributed by atoms with van der Waals surface area (Å²) in [5.74, 6) is 0.893. The van der Waals surface area contributed by atoms with E-state index in [0.29, 0.717) is 0 Å². The number of nitrogens with one attached hydrogen (secondary N) is 1. The maximum atomic E-state index is 3.45. The van der Waals surface area contributed by atoms with Crippen LogP contribution in [0.5, 0.6) is 0 Å². The first kappa shape index (κ1) is 19.8. The van der Waals surface area contributed by atoms with Crippen molar-refractivity contribution < 1.29 is 0 Å². The number of piperidine rings is 2. The van der Waals surface area contributed by atoms with Gasteiger partial charge in [-0.25, -0.2) is 0 Å². The van der Waals surface area contributed by atoms with Gasteiger partial charge in [0.2, 0.25) is 0 Å². The molecule has 0 unspecified atom stereocenters. The van der Waals surface area contributed by atoms with Gasteiger partial charge in [0.05, 0.1) is 0 Å². The van der Waals surface area contributed by atoms with Crippen LogP contribution < -0.4 is 5.32 Å². The Morgan fingerprint density at radius 1 is 0.864 bits per heavy atom. The third-order valence-electron chi connectivity index (χ3n) is 4.86. The summed E-state index contributed by atoms with van der Waals surface area (Å²) in [5.41, 5.74) is 3.01. The second-order valence-electron chi connectivity index (χ2n) is 6.55. The van der Waals surface area contributed by atoms with Crippen LogP contribution in [-0.4, -0.2) is 31.1 Å². The van der Waals surface area contributed by atoms with Crippen molar-refractivity contribution >= 4 is 24.8 Å². The highest BCUT2D eigenvalue weighted by molar-refractivity contribution is 5.85. The minimum Gasteiger partial charge on any atom is -0.317 e. The van der Waals surface area contributed by atoms with Crippen molar-refractivity contribution in [1.29, 1.82) is 0 Å². The molecule has 1 aromatic rings. The van der Waals surface area contributed by atoms with E-state index < -0.39 is 0 Å². The van der Waals surface area contributed by atoms with Gasteiger partial charge in [0.1, 0.15) is 0 Å². The number of nitrogens with zero attached hydrogens (tertiary/aromatic N) is 1. The summed E-state index contributed by atoms with van der Waals surface area (Å²) < 4.78 is 0. The predicted octanol–water partition coefficient (Wildman–Crippen LogP) is 4.06. The van der Waals surface area contributed by atoms with Crippen molar-refractivity contribution in [1.82, 2.24) is 10.2 Å². The van der Waals surface area contributed by atoms with Crippen molar-refractivity contribution in [3.05, 3.63) is 35.4 Å². The maximum Gasteiger partial charge on any atom is 0.0233 e. The van der Waals surface area contributed by atoms with Crippen molar-refractivity contribution in [2.75, 3.05) is 26.2 Å². The maximum absolute atomic E-state index is 3.45. The Balaban J connectivity index is 0.00000121. The first-order chi connectivity index (χ1) is 9.90. The Bertz CT molecular complexity index is 357. The fourth-order valence-electron chi connectivity index (χ4n) is 3.58. The first-order valence-corrected chi connectivity index (χ1v) is 8.41. The number of rotatable bonds is 4. The lowest BCUT2D eigenvalue weighted by molar-refractivity contribution is 0.221. The van der Waals surface area contributed by atoms with E-state index in [9.17, 15) is 0 Å². The van der Waals surface area contributed by atoms with Gasteiger partial charge in [-0.1, -0.05) is 30.7 Å². The molecule has 0 bridgehead atoms. The van der Waals surface area contributed by atoms with Crippen LogP contribution >= 0.6 is 24.8 Å². The zero-order chi connectivity index (χ0) is 13.6. The average molecular weight is 345 g/mol. The van der Waals surface area contributed by atoms with Crippen molar-refractivity contribution in [2.24, 2.45) is 5.92 Å². The normalized spacial score (nSPS) is 20.0. The van der Waals surface area contributed by atoms with Gasteiger partial charge < -0.3 is 5.32 Å². The molecule has 0 aromatic heterocycles. The lowest BCUT2D eigenvalue weighted by Gasteiger charge is -2.26. The van der Waals surface area contributed by atoms with Gasteiger partial charge in [0.15, 0.2) is 0 Å². The molecule has 0 saturated carbocycles. The topological polar surface area (TPSA) is 15.3 Å². The van der Waals surface area contributed by atoms with Crippen LogP contribution in [0.25, 0.3) is 0 Å². The van der Waals surface area contributed by atoms with Gasteiger partial charge in [0.25, 0.3) is 0 Å². The first-order valence-electron chi connectivity index (χ1n) is 8.41. The third-order valence-corrected chi connectivity index (χ3v) is 4.86. The van der Waals surface area contributed by atoms with Crippen LogP contribution in [0.1, 0.15) is 43.2 Å². The second kappa shape index (κ2) is 10.5. The van der Waals surface area contributed by atoms with Gasteiger partial charge in [-0.2, -0.15) is 0 Å². The quantitative estimate of drug-likeness (QED) is 0.885. The SMILES string of the molecule is Cl.Cl.c1cc(CN2CCCCC2)ccc1CC1CCNCC1. The molecule has 1 N–H and O–H groups in total. The molecule has 3 rings (SSSR count). The van der Waals surface area contributed by atoms with E-state index in [0.717, 1.165) is 12.5 Å². The van der Waals surface area contributed by atoms with Crippen LogP contribution in [0.15, 0.2) is 24.3 Å². The molecule has 2 fully saturated rings. The lowest BCUT2D eigenvalue weighted by Crippen LogP contribution is -2.29. The minimum atomic E-state index is 0. The third kappa shape index (κ3) is 6.08. The Hall–Kier alpha value is -0.280. The monoisotopic (exact) mass is 344 g/mol. The zero-order valence-electron chi connectivity index (χ0n) is 13.4. The molecule has 2 aliphatic heterocycles. The van der Waals surface area contributed by atoms with Crippen LogP contribution in [0, 0.1) is 5.92 Å². The van der Waals surface area contributed by atoms with Crippen LogP contribution in [0.3, 0.4) is 0 Å². The van der Waals surface area contributed by atoms with E-state index in [4.69, 9.17) is 0 Å². The van der Waals surface area contributed by atoms with E-state index >= 15 is 0 Å². The molecule has 4 heteroatoms. The molecule has 2 saturated heterocycles. The van der Waals surface area contributed by atoms with E-state index in [1.165, 1.54) is 75.8 Å². The van der Waals surface area contributed by atoms with Crippen LogP contribution in [0.2, 0.25) is 0 Å². The fourth-order valence-corrected chi connectivity index (χ4v) is 3.58. The highest BCUT2D eigenvalue weighted by Gasteiger charge is 2.14. The van der Waals surface area contributed by atoms with Crippen molar-refractivity contribution in [3.8, 4) is 0 Å². The molecule has 2 nitrogen and oxygen atoms in total. The summed E-state index contributed by atoms with van der Waals surface area (Å²) in [6, 6.07) is 9.43. The predicted molar refractivity (Wildman–Crippen MR) is 99.4 cm³/mol. The molecule has 0 amide bonds. The number of halogens is 2.